The highest BCUT2D eigenvalue weighted by Gasteiger charge is 2.39. The summed E-state index contributed by atoms with van der Waals surface area (Å²) in [5.74, 6) is 0.372. The van der Waals surface area contributed by atoms with Gasteiger partial charge in [0.1, 0.15) is 0 Å². The summed E-state index contributed by atoms with van der Waals surface area (Å²) in [5.41, 5.74) is 0. The van der Waals surface area contributed by atoms with Crippen LogP contribution in [0.2, 0.25) is 0 Å². The van der Waals surface area contributed by atoms with Crippen molar-refractivity contribution in [1.29, 1.82) is 0 Å². The van der Waals surface area contributed by atoms with E-state index >= 15 is 0 Å². The molecule has 17 heavy (non-hydrogen) atoms. The topological polar surface area (TPSA) is 18.5 Å². The molecule has 104 valence electrons. The number of ether oxygens (including phenoxy) is 2. The molecule has 2 heteroatoms. The highest BCUT2D eigenvalue weighted by Crippen LogP contribution is 2.32. The van der Waals surface area contributed by atoms with E-state index in [4.69, 9.17) is 9.47 Å². The maximum absolute atomic E-state index is 6.12. The average Bonchev–Trinajstić information content (AvgIpc) is 2.26. The van der Waals surface area contributed by atoms with Gasteiger partial charge in [0.05, 0.1) is 13.2 Å². The fourth-order valence-corrected chi connectivity index (χ4v) is 2.13. The van der Waals surface area contributed by atoms with Gasteiger partial charge >= 0.3 is 0 Å². The van der Waals surface area contributed by atoms with Gasteiger partial charge in [-0.1, -0.05) is 54.4 Å². The molecule has 2 nitrogen and oxygen atoms in total. The first-order valence-corrected chi connectivity index (χ1v) is 7.29. The molecular formula is C15H32O2. The van der Waals surface area contributed by atoms with Gasteiger partial charge in [-0.2, -0.15) is 0 Å². The maximum Gasteiger partial charge on any atom is 0.172 e. The molecule has 0 saturated carbocycles. The highest BCUT2D eigenvalue weighted by molar-refractivity contribution is 4.78. The molecule has 0 aromatic carbocycles. The normalized spacial score (nSPS) is 12.7. The molecule has 0 amide bonds. The third-order valence-electron chi connectivity index (χ3n) is 3.26. The second-order valence-corrected chi connectivity index (χ2v) is 5.43. The summed E-state index contributed by atoms with van der Waals surface area (Å²) >= 11 is 0. The Balaban J connectivity index is 4.50. The first-order chi connectivity index (χ1) is 8.01. The molecule has 0 rings (SSSR count). The Hall–Kier alpha value is -0.0800. The summed E-state index contributed by atoms with van der Waals surface area (Å²) in [6, 6.07) is 0. The highest BCUT2D eigenvalue weighted by atomic mass is 16.7. The first kappa shape index (κ1) is 16.9. The van der Waals surface area contributed by atoms with Crippen molar-refractivity contribution in [1.82, 2.24) is 0 Å². The van der Waals surface area contributed by atoms with Crippen LogP contribution in [0.25, 0.3) is 0 Å². The van der Waals surface area contributed by atoms with Gasteiger partial charge in [-0.25, -0.2) is 0 Å². The zero-order valence-corrected chi connectivity index (χ0v) is 12.7. The average molecular weight is 244 g/mol. The summed E-state index contributed by atoms with van der Waals surface area (Å²) in [6.45, 7) is 14.8. The molecule has 0 saturated heterocycles. The van der Waals surface area contributed by atoms with Crippen LogP contribution < -0.4 is 0 Å². The second-order valence-electron chi connectivity index (χ2n) is 5.43. The predicted molar refractivity (Wildman–Crippen MR) is 74.1 cm³/mol. The van der Waals surface area contributed by atoms with Crippen molar-refractivity contribution in [3.8, 4) is 0 Å². The Morgan fingerprint density at radius 1 is 0.765 bits per heavy atom. The van der Waals surface area contributed by atoms with E-state index in [0.717, 1.165) is 26.1 Å². The van der Waals surface area contributed by atoms with Crippen molar-refractivity contribution in [2.75, 3.05) is 13.2 Å². The lowest BCUT2D eigenvalue weighted by Crippen LogP contribution is -2.47. The Labute approximate surface area is 108 Å². The molecule has 0 aliphatic carbocycles. The SMILES string of the molecule is CCCCOC(OCCCC)(C(C)C)C(C)C. The zero-order valence-electron chi connectivity index (χ0n) is 12.7. The fraction of sp³-hybridized carbons (Fsp3) is 1.00. The largest absolute Gasteiger partial charge is 0.349 e. The molecule has 0 spiro atoms. The molecular weight excluding hydrogens is 212 g/mol. The quantitative estimate of drug-likeness (QED) is 0.412. The van der Waals surface area contributed by atoms with Crippen molar-refractivity contribution in [2.45, 2.75) is 73.0 Å². The minimum atomic E-state index is -0.398. The van der Waals surface area contributed by atoms with Gasteiger partial charge in [-0.15, -0.1) is 0 Å². The van der Waals surface area contributed by atoms with E-state index in [0.29, 0.717) is 11.8 Å². The van der Waals surface area contributed by atoms with Crippen LogP contribution in [0, 0.1) is 11.8 Å². The molecule has 0 aliphatic heterocycles. The minimum absolute atomic E-state index is 0.385. The third kappa shape index (κ3) is 5.39. The molecule has 0 radical (unpaired) electrons. The molecule has 0 aromatic heterocycles. The van der Waals surface area contributed by atoms with Crippen LogP contribution >= 0.6 is 0 Å². The summed E-state index contributed by atoms with van der Waals surface area (Å²) in [4.78, 5) is 0. The van der Waals surface area contributed by atoms with Gasteiger partial charge in [-0.3, -0.25) is 0 Å². The molecule has 0 heterocycles. The Morgan fingerprint density at radius 3 is 1.35 bits per heavy atom. The lowest BCUT2D eigenvalue weighted by atomic mass is 9.91. The second kappa shape index (κ2) is 8.93. The number of hydrogen-bond acceptors (Lipinski definition) is 2. The van der Waals surface area contributed by atoms with Crippen LogP contribution in [0.4, 0.5) is 0 Å². The van der Waals surface area contributed by atoms with Gasteiger partial charge in [0.15, 0.2) is 5.79 Å². The lowest BCUT2D eigenvalue weighted by molar-refractivity contribution is -0.286. The molecule has 0 aliphatic rings. The molecule has 0 bridgehead atoms. The number of rotatable bonds is 10. The van der Waals surface area contributed by atoms with E-state index in [1.807, 2.05) is 0 Å². The van der Waals surface area contributed by atoms with E-state index in [9.17, 15) is 0 Å². The van der Waals surface area contributed by atoms with Crippen molar-refractivity contribution >= 4 is 0 Å². The third-order valence-corrected chi connectivity index (χ3v) is 3.26. The minimum Gasteiger partial charge on any atom is -0.349 e. The van der Waals surface area contributed by atoms with Crippen molar-refractivity contribution in [3.63, 3.8) is 0 Å². The Bertz CT molecular complexity index is 156. The van der Waals surface area contributed by atoms with Crippen LogP contribution in [0.5, 0.6) is 0 Å². The van der Waals surface area contributed by atoms with Gasteiger partial charge in [0.2, 0.25) is 0 Å². The number of hydrogen-bond donors (Lipinski definition) is 0. The maximum atomic E-state index is 6.12. The van der Waals surface area contributed by atoms with E-state index in [1.165, 1.54) is 12.8 Å². The smallest absolute Gasteiger partial charge is 0.172 e. The molecule has 0 aromatic rings. The van der Waals surface area contributed by atoms with Gasteiger partial charge in [0.25, 0.3) is 0 Å². The van der Waals surface area contributed by atoms with Crippen molar-refractivity contribution in [3.05, 3.63) is 0 Å². The van der Waals surface area contributed by atoms with Crippen LogP contribution in [0.15, 0.2) is 0 Å². The van der Waals surface area contributed by atoms with Crippen LogP contribution in [0.1, 0.15) is 67.2 Å². The zero-order chi connectivity index (χ0) is 13.3. The fourth-order valence-electron chi connectivity index (χ4n) is 2.13. The Morgan fingerprint density at radius 2 is 1.12 bits per heavy atom. The first-order valence-electron chi connectivity index (χ1n) is 7.29. The summed E-state index contributed by atoms with van der Waals surface area (Å²) in [7, 11) is 0. The monoisotopic (exact) mass is 244 g/mol. The van der Waals surface area contributed by atoms with Gasteiger partial charge in [0, 0.05) is 11.8 Å². The number of unbranched alkanes of at least 4 members (excludes halogenated alkanes) is 2. The molecule has 0 fully saturated rings. The van der Waals surface area contributed by atoms with Crippen LogP contribution in [0.3, 0.4) is 0 Å². The van der Waals surface area contributed by atoms with Crippen LogP contribution in [-0.2, 0) is 9.47 Å². The van der Waals surface area contributed by atoms with E-state index < -0.39 is 5.79 Å². The Kier molecular flexibility index (Phi) is 8.89. The summed E-state index contributed by atoms with van der Waals surface area (Å²) < 4.78 is 12.2. The van der Waals surface area contributed by atoms with E-state index in [2.05, 4.69) is 41.5 Å². The van der Waals surface area contributed by atoms with Crippen LogP contribution in [-0.4, -0.2) is 19.0 Å². The van der Waals surface area contributed by atoms with Gasteiger partial charge < -0.3 is 9.47 Å². The van der Waals surface area contributed by atoms with Crippen molar-refractivity contribution in [2.24, 2.45) is 11.8 Å². The van der Waals surface area contributed by atoms with E-state index in [-0.39, 0.29) is 0 Å². The standard InChI is InChI=1S/C15H32O2/c1-7-9-11-16-15(13(3)4,14(5)6)17-12-10-8-2/h13-14H,7-12H2,1-6H3. The molecule has 0 atom stereocenters. The molecule has 0 N–H and O–H groups in total. The van der Waals surface area contributed by atoms with Crippen molar-refractivity contribution < 1.29 is 9.47 Å². The summed E-state index contributed by atoms with van der Waals surface area (Å²) in [5, 5.41) is 0. The van der Waals surface area contributed by atoms with Gasteiger partial charge in [-0.05, 0) is 12.8 Å². The van der Waals surface area contributed by atoms with E-state index in [1.54, 1.807) is 0 Å². The molecule has 0 unspecified atom stereocenters. The lowest BCUT2D eigenvalue weighted by Gasteiger charge is -2.41. The summed E-state index contributed by atoms with van der Waals surface area (Å²) in [6.07, 6.45) is 4.55. The predicted octanol–water partition coefficient (Wildman–Crippen LogP) is 4.63.